The van der Waals surface area contributed by atoms with Crippen LogP contribution in [0.5, 0.6) is 5.75 Å². The van der Waals surface area contributed by atoms with E-state index in [1.807, 2.05) is 69.3 Å². The Bertz CT molecular complexity index is 734. The van der Waals surface area contributed by atoms with Crippen molar-refractivity contribution in [3.63, 3.8) is 0 Å². The van der Waals surface area contributed by atoms with Crippen LogP contribution in [0.1, 0.15) is 58.8 Å². The first-order valence-electron chi connectivity index (χ1n) is 9.47. The lowest BCUT2D eigenvalue weighted by Gasteiger charge is -2.24. The number of nitrogens with one attached hydrogen (secondary N) is 1. The molecule has 0 aliphatic heterocycles. The van der Waals surface area contributed by atoms with Gasteiger partial charge >= 0.3 is 5.97 Å². The highest BCUT2D eigenvalue weighted by molar-refractivity contribution is 5.81. The van der Waals surface area contributed by atoms with E-state index in [1.54, 1.807) is 0 Å². The van der Waals surface area contributed by atoms with Gasteiger partial charge in [0.05, 0.1) is 0 Å². The molecule has 4 heteroatoms. The molecule has 0 aliphatic rings. The molecule has 1 atom stereocenters. The van der Waals surface area contributed by atoms with Crippen molar-refractivity contribution in [2.45, 2.75) is 58.8 Å². The monoisotopic (exact) mass is 381 g/mol. The number of benzene rings is 2. The Morgan fingerprint density at radius 1 is 0.929 bits per heavy atom. The lowest BCUT2D eigenvalue weighted by Crippen LogP contribution is -2.25. The van der Waals surface area contributed by atoms with Crippen LogP contribution in [0.25, 0.3) is 0 Å². The fourth-order valence-corrected chi connectivity index (χ4v) is 2.73. The molecule has 0 saturated carbocycles. The molecule has 2 rings (SSSR count). The molecule has 4 nitrogen and oxygen atoms in total. The van der Waals surface area contributed by atoms with E-state index < -0.39 is 12.1 Å². The van der Waals surface area contributed by atoms with Gasteiger partial charge in [0, 0.05) is 17.3 Å². The number of carbonyl (C=O) groups is 1. The summed E-state index contributed by atoms with van der Waals surface area (Å²) in [5.41, 5.74) is 2.47. The SMILES string of the molecule is C=CC(=O)OC(c1ccc(NC(C)(C)C)cc1)c1ccc(OC(C)(C)C)cc1. The number of rotatable bonds is 6. The Morgan fingerprint density at radius 3 is 1.86 bits per heavy atom. The van der Waals surface area contributed by atoms with E-state index in [9.17, 15) is 4.79 Å². The van der Waals surface area contributed by atoms with E-state index in [-0.39, 0.29) is 11.1 Å². The molecule has 150 valence electrons. The van der Waals surface area contributed by atoms with Gasteiger partial charge in [0.1, 0.15) is 11.4 Å². The number of hydrogen-bond donors (Lipinski definition) is 1. The Kier molecular flexibility index (Phi) is 6.55. The third kappa shape index (κ3) is 6.76. The molecule has 0 fully saturated rings. The first-order valence-corrected chi connectivity index (χ1v) is 9.47. The van der Waals surface area contributed by atoms with Gasteiger partial charge in [0.2, 0.25) is 0 Å². The Labute approximate surface area is 168 Å². The van der Waals surface area contributed by atoms with Crippen LogP contribution < -0.4 is 10.1 Å². The molecule has 0 bridgehead atoms. The maximum atomic E-state index is 11.9. The standard InChI is InChI=1S/C24H31NO3/c1-8-21(26)27-22(17-9-13-19(14-10-17)25-23(2,3)4)18-11-15-20(16-12-18)28-24(5,6)7/h8-16,22,25H,1H2,2-7H3. The zero-order valence-electron chi connectivity index (χ0n) is 17.7. The number of esters is 1. The smallest absolute Gasteiger partial charge is 0.331 e. The Balaban J connectivity index is 2.29. The topological polar surface area (TPSA) is 47.6 Å². The highest BCUT2D eigenvalue weighted by atomic mass is 16.5. The predicted octanol–water partition coefficient (Wildman–Crippen LogP) is 5.89. The molecule has 0 saturated heterocycles. The van der Waals surface area contributed by atoms with Gasteiger partial charge in [0.25, 0.3) is 0 Å². The average Bonchev–Trinajstić information content (AvgIpc) is 2.58. The van der Waals surface area contributed by atoms with Crippen molar-refractivity contribution < 1.29 is 14.3 Å². The van der Waals surface area contributed by atoms with Crippen LogP contribution in [0.4, 0.5) is 5.69 Å². The summed E-state index contributed by atoms with van der Waals surface area (Å²) in [7, 11) is 0. The minimum Gasteiger partial charge on any atom is -0.488 e. The van der Waals surface area contributed by atoms with Crippen LogP contribution in [0.15, 0.2) is 61.2 Å². The van der Waals surface area contributed by atoms with Gasteiger partial charge < -0.3 is 14.8 Å². The summed E-state index contributed by atoms with van der Waals surface area (Å²) < 4.78 is 11.5. The molecule has 0 radical (unpaired) electrons. The van der Waals surface area contributed by atoms with Gasteiger partial charge in [-0.3, -0.25) is 0 Å². The van der Waals surface area contributed by atoms with Crippen molar-refractivity contribution in [1.29, 1.82) is 0 Å². The van der Waals surface area contributed by atoms with E-state index in [2.05, 4.69) is 32.7 Å². The quantitative estimate of drug-likeness (QED) is 0.500. The molecule has 0 amide bonds. The minimum atomic E-state index is -0.516. The summed E-state index contributed by atoms with van der Waals surface area (Å²) in [6, 6.07) is 15.5. The maximum absolute atomic E-state index is 11.9. The first-order chi connectivity index (χ1) is 13.0. The van der Waals surface area contributed by atoms with Crippen molar-refractivity contribution in [3.8, 4) is 5.75 Å². The number of ether oxygens (including phenoxy) is 2. The summed E-state index contributed by atoms with van der Waals surface area (Å²) >= 11 is 0. The van der Waals surface area contributed by atoms with Gasteiger partial charge in [0.15, 0.2) is 6.10 Å². The Morgan fingerprint density at radius 2 is 1.43 bits per heavy atom. The molecule has 0 aliphatic carbocycles. The molecular formula is C24H31NO3. The zero-order valence-corrected chi connectivity index (χ0v) is 17.7. The second-order valence-corrected chi connectivity index (χ2v) is 8.80. The minimum absolute atomic E-state index is 0.0287. The molecule has 1 unspecified atom stereocenters. The van der Waals surface area contributed by atoms with Crippen molar-refractivity contribution in [2.75, 3.05) is 5.32 Å². The van der Waals surface area contributed by atoms with Gasteiger partial charge in [-0.2, -0.15) is 0 Å². The van der Waals surface area contributed by atoms with Crippen molar-refractivity contribution in [2.24, 2.45) is 0 Å². The Hall–Kier alpha value is -2.75. The van der Waals surface area contributed by atoms with Crippen LogP contribution in [-0.2, 0) is 9.53 Å². The number of anilines is 1. The second kappa shape index (κ2) is 8.51. The van der Waals surface area contributed by atoms with Crippen molar-refractivity contribution >= 4 is 11.7 Å². The summed E-state index contributed by atoms with van der Waals surface area (Å²) in [6.45, 7) is 15.8. The molecule has 1 N–H and O–H groups in total. The largest absolute Gasteiger partial charge is 0.488 e. The summed E-state index contributed by atoms with van der Waals surface area (Å²) in [6.07, 6.45) is 0.664. The van der Waals surface area contributed by atoms with Crippen LogP contribution in [-0.4, -0.2) is 17.1 Å². The molecule has 2 aromatic carbocycles. The number of hydrogen-bond acceptors (Lipinski definition) is 4. The van der Waals surface area contributed by atoms with Gasteiger partial charge in [-0.05, 0) is 76.9 Å². The van der Waals surface area contributed by atoms with Gasteiger partial charge in [-0.25, -0.2) is 4.79 Å². The highest BCUT2D eigenvalue weighted by Crippen LogP contribution is 2.30. The molecule has 0 spiro atoms. The normalized spacial score (nSPS) is 12.8. The van der Waals surface area contributed by atoms with Gasteiger partial charge in [-0.1, -0.05) is 30.8 Å². The van der Waals surface area contributed by atoms with E-state index in [4.69, 9.17) is 9.47 Å². The van der Waals surface area contributed by atoms with E-state index in [1.165, 1.54) is 6.08 Å². The van der Waals surface area contributed by atoms with Crippen molar-refractivity contribution in [1.82, 2.24) is 0 Å². The average molecular weight is 382 g/mol. The zero-order chi connectivity index (χ0) is 20.9. The molecule has 28 heavy (non-hydrogen) atoms. The third-order valence-corrected chi connectivity index (χ3v) is 3.74. The summed E-state index contributed by atoms with van der Waals surface area (Å²) in [5, 5.41) is 3.43. The van der Waals surface area contributed by atoms with E-state index >= 15 is 0 Å². The van der Waals surface area contributed by atoms with Crippen molar-refractivity contribution in [3.05, 3.63) is 72.3 Å². The fraction of sp³-hybridized carbons (Fsp3) is 0.375. The lowest BCUT2D eigenvalue weighted by molar-refractivity contribution is -0.141. The highest BCUT2D eigenvalue weighted by Gasteiger charge is 2.19. The van der Waals surface area contributed by atoms with E-state index in [0.717, 1.165) is 22.6 Å². The lowest BCUT2D eigenvalue weighted by atomic mass is 10.00. The van der Waals surface area contributed by atoms with Crippen LogP contribution in [0.2, 0.25) is 0 Å². The first kappa shape index (κ1) is 21.5. The third-order valence-electron chi connectivity index (χ3n) is 3.74. The second-order valence-electron chi connectivity index (χ2n) is 8.80. The molecule has 0 heterocycles. The number of carbonyl (C=O) groups excluding carboxylic acids is 1. The van der Waals surface area contributed by atoms with Crippen LogP contribution in [0, 0.1) is 0 Å². The van der Waals surface area contributed by atoms with E-state index in [0.29, 0.717) is 0 Å². The molecule has 0 aromatic heterocycles. The summed E-state index contributed by atoms with van der Waals surface area (Å²) in [4.78, 5) is 11.9. The van der Waals surface area contributed by atoms with Gasteiger partial charge in [-0.15, -0.1) is 0 Å². The maximum Gasteiger partial charge on any atom is 0.331 e. The van der Waals surface area contributed by atoms with Crippen LogP contribution >= 0.6 is 0 Å². The predicted molar refractivity (Wildman–Crippen MR) is 115 cm³/mol. The molecule has 2 aromatic rings. The molecular weight excluding hydrogens is 350 g/mol. The fourth-order valence-electron chi connectivity index (χ4n) is 2.73. The summed E-state index contributed by atoms with van der Waals surface area (Å²) in [5.74, 6) is 0.312. The van der Waals surface area contributed by atoms with Crippen LogP contribution in [0.3, 0.4) is 0 Å².